The number of fused-ring (bicyclic) bond motifs is 1. The summed E-state index contributed by atoms with van der Waals surface area (Å²) >= 11 is 6.95. The molecule has 0 unspecified atom stereocenters. The molecule has 0 atom stereocenters. The van der Waals surface area contributed by atoms with Gasteiger partial charge in [0, 0.05) is 22.1 Å². The molecule has 0 aromatic heterocycles. The van der Waals surface area contributed by atoms with Gasteiger partial charge in [-0.3, -0.25) is 25.2 Å². The Morgan fingerprint density at radius 1 is 0.909 bits per heavy atom. The monoisotopic (exact) mass is 575 g/mol. The van der Waals surface area contributed by atoms with Crippen LogP contribution in [0.15, 0.2) is 63.5 Å². The Bertz CT molecular complexity index is 1180. The summed E-state index contributed by atoms with van der Waals surface area (Å²) in [5.74, 6) is -0.307. The first-order valence-electron chi connectivity index (χ1n) is 10.2. The van der Waals surface area contributed by atoms with E-state index in [1.165, 1.54) is 0 Å². The summed E-state index contributed by atoms with van der Waals surface area (Å²) < 4.78 is 7.30. The van der Waals surface area contributed by atoms with Crippen LogP contribution in [0.4, 0.5) is 5.69 Å². The van der Waals surface area contributed by atoms with Crippen molar-refractivity contribution in [2.75, 3.05) is 11.9 Å². The number of hydrogen-bond acceptors (Lipinski definition) is 4. The number of halogens is 2. The Hall–Kier alpha value is -2.91. The van der Waals surface area contributed by atoms with Crippen LogP contribution >= 0.6 is 31.9 Å². The van der Waals surface area contributed by atoms with Crippen LogP contribution in [0.5, 0.6) is 5.75 Å². The van der Waals surface area contributed by atoms with Gasteiger partial charge in [0.25, 0.3) is 11.8 Å². The molecule has 3 aromatic carbocycles. The normalized spacial score (nSPS) is 10.7. The van der Waals surface area contributed by atoms with Crippen molar-refractivity contribution in [1.82, 2.24) is 10.9 Å². The van der Waals surface area contributed by atoms with E-state index >= 15 is 0 Å². The zero-order valence-electron chi connectivity index (χ0n) is 18.1. The molecular formula is C24H23Br2N3O4. The Kier molecular flexibility index (Phi) is 8.46. The molecule has 3 aromatic rings. The van der Waals surface area contributed by atoms with Gasteiger partial charge in [-0.15, -0.1) is 0 Å². The van der Waals surface area contributed by atoms with Crippen LogP contribution in [0.3, 0.4) is 0 Å². The largest absolute Gasteiger partial charge is 0.483 e. The average Bonchev–Trinajstić information content (AvgIpc) is 2.76. The van der Waals surface area contributed by atoms with Crippen molar-refractivity contribution < 1.29 is 19.1 Å². The Morgan fingerprint density at radius 3 is 2.33 bits per heavy atom. The van der Waals surface area contributed by atoms with E-state index in [-0.39, 0.29) is 18.4 Å². The molecule has 3 rings (SSSR count). The number of rotatable bonds is 7. The van der Waals surface area contributed by atoms with Gasteiger partial charge in [-0.2, -0.15) is 0 Å². The zero-order chi connectivity index (χ0) is 24.0. The van der Waals surface area contributed by atoms with Crippen LogP contribution in [0, 0.1) is 5.92 Å². The minimum Gasteiger partial charge on any atom is -0.483 e. The minimum atomic E-state index is -0.510. The smallest absolute Gasteiger partial charge is 0.276 e. The molecule has 0 aliphatic rings. The number of hydrogen-bond donors (Lipinski definition) is 3. The van der Waals surface area contributed by atoms with Gasteiger partial charge >= 0.3 is 0 Å². The molecule has 0 radical (unpaired) electrons. The molecule has 33 heavy (non-hydrogen) atoms. The number of ether oxygens (including phenoxy) is 1. The summed E-state index contributed by atoms with van der Waals surface area (Å²) in [5, 5.41) is 4.75. The van der Waals surface area contributed by atoms with E-state index in [0.717, 1.165) is 19.7 Å². The fraction of sp³-hybridized carbons (Fsp3) is 0.208. The van der Waals surface area contributed by atoms with E-state index in [0.29, 0.717) is 23.4 Å². The highest BCUT2D eigenvalue weighted by Crippen LogP contribution is 2.34. The van der Waals surface area contributed by atoms with Crippen LogP contribution in [-0.2, 0) is 9.59 Å². The fourth-order valence-corrected chi connectivity index (χ4v) is 4.01. The molecule has 0 fully saturated rings. The van der Waals surface area contributed by atoms with E-state index in [2.05, 4.69) is 48.0 Å². The van der Waals surface area contributed by atoms with Crippen LogP contribution < -0.4 is 20.9 Å². The molecule has 0 bridgehead atoms. The highest BCUT2D eigenvalue weighted by Gasteiger charge is 2.12. The maximum atomic E-state index is 12.3. The standard InChI is InChI=1S/C24H23Br2N3O4/c1-14(2)11-21(30)27-18-7-3-15(4-8-18)24(32)29-28-22(31)13-33-20-10-5-16-12-17(25)6-9-19(16)23(20)26/h3-10,12,14H,11,13H2,1-2H3,(H,27,30)(H,28,31)(H,29,32). The predicted molar refractivity (Wildman–Crippen MR) is 135 cm³/mol. The summed E-state index contributed by atoms with van der Waals surface area (Å²) in [7, 11) is 0. The molecule has 0 aliphatic carbocycles. The van der Waals surface area contributed by atoms with Crippen molar-refractivity contribution >= 4 is 66.0 Å². The number of carbonyl (C=O) groups excluding carboxylic acids is 3. The minimum absolute atomic E-state index is 0.0830. The van der Waals surface area contributed by atoms with Crippen LogP contribution in [0.1, 0.15) is 30.6 Å². The first kappa shape index (κ1) is 24.7. The first-order chi connectivity index (χ1) is 15.7. The summed E-state index contributed by atoms with van der Waals surface area (Å²) in [6.45, 7) is 3.65. The molecule has 7 nitrogen and oxygen atoms in total. The predicted octanol–water partition coefficient (Wildman–Crippen LogP) is 5.19. The third-order valence-corrected chi connectivity index (χ3v) is 5.89. The molecule has 0 spiro atoms. The van der Waals surface area contributed by atoms with Gasteiger partial charge in [-0.25, -0.2) is 0 Å². The van der Waals surface area contributed by atoms with Crippen molar-refractivity contribution in [3.63, 3.8) is 0 Å². The molecule has 0 saturated carbocycles. The van der Waals surface area contributed by atoms with E-state index in [1.807, 2.05) is 38.1 Å². The second kappa shape index (κ2) is 11.3. The van der Waals surface area contributed by atoms with Crippen molar-refractivity contribution in [3.8, 4) is 5.75 Å². The molecule has 0 saturated heterocycles. The van der Waals surface area contributed by atoms with E-state index in [1.54, 1.807) is 30.3 Å². The van der Waals surface area contributed by atoms with Crippen LogP contribution in [0.25, 0.3) is 10.8 Å². The molecule has 172 valence electrons. The maximum absolute atomic E-state index is 12.3. The lowest BCUT2D eigenvalue weighted by Crippen LogP contribution is -2.43. The number of nitrogens with one attached hydrogen (secondary N) is 3. The van der Waals surface area contributed by atoms with Gasteiger partial charge in [0.05, 0.1) is 4.47 Å². The number of benzene rings is 3. The fourth-order valence-electron chi connectivity index (χ4n) is 3.02. The van der Waals surface area contributed by atoms with Crippen molar-refractivity contribution in [1.29, 1.82) is 0 Å². The Balaban J connectivity index is 1.49. The molecule has 9 heteroatoms. The highest BCUT2D eigenvalue weighted by atomic mass is 79.9. The summed E-state index contributed by atoms with van der Waals surface area (Å²) in [4.78, 5) is 36.2. The highest BCUT2D eigenvalue weighted by molar-refractivity contribution is 9.11. The quantitative estimate of drug-likeness (QED) is 0.337. The van der Waals surface area contributed by atoms with Crippen LogP contribution in [0.2, 0.25) is 0 Å². The lowest BCUT2D eigenvalue weighted by atomic mass is 10.1. The van der Waals surface area contributed by atoms with Gasteiger partial charge in [-0.1, -0.05) is 41.9 Å². The number of carbonyl (C=O) groups is 3. The van der Waals surface area contributed by atoms with Gasteiger partial charge < -0.3 is 10.1 Å². The second-order valence-corrected chi connectivity index (χ2v) is 9.47. The van der Waals surface area contributed by atoms with E-state index in [9.17, 15) is 14.4 Å². The Labute approximate surface area is 208 Å². The molecule has 0 aliphatic heterocycles. The SMILES string of the molecule is CC(C)CC(=O)Nc1ccc(C(=O)NNC(=O)COc2ccc3cc(Br)ccc3c2Br)cc1. The van der Waals surface area contributed by atoms with Crippen molar-refractivity contribution in [2.24, 2.45) is 5.92 Å². The topological polar surface area (TPSA) is 96.5 Å². The second-order valence-electron chi connectivity index (χ2n) is 7.76. The lowest BCUT2D eigenvalue weighted by molar-refractivity contribution is -0.123. The van der Waals surface area contributed by atoms with Crippen molar-refractivity contribution in [2.45, 2.75) is 20.3 Å². The third-order valence-electron chi connectivity index (χ3n) is 4.58. The van der Waals surface area contributed by atoms with Crippen LogP contribution in [-0.4, -0.2) is 24.3 Å². The number of amides is 3. The van der Waals surface area contributed by atoms with Gasteiger partial charge in [-0.05, 0) is 75.1 Å². The summed E-state index contributed by atoms with van der Waals surface area (Å²) in [5.41, 5.74) is 5.61. The third kappa shape index (κ3) is 7.03. The van der Waals surface area contributed by atoms with Crippen molar-refractivity contribution in [3.05, 3.63) is 69.1 Å². The lowest BCUT2D eigenvalue weighted by Gasteiger charge is -2.12. The summed E-state index contributed by atoms with van der Waals surface area (Å²) in [6.07, 6.45) is 0.421. The van der Waals surface area contributed by atoms with E-state index < -0.39 is 11.8 Å². The molecule has 3 N–H and O–H groups in total. The Morgan fingerprint density at radius 2 is 1.64 bits per heavy atom. The van der Waals surface area contributed by atoms with E-state index in [4.69, 9.17) is 4.74 Å². The zero-order valence-corrected chi connectivity index (χ0v) is 21.2. The molecular weight excluding hydrogens is 554 g/mol. The van der Waals surface area contributed by atoms with Gasteiger partial charge in [0.1, 0.15) is 5.75 Å². The summed E-state index contributed by atoms with van der Waals surface area (Å²) in [6, 6.07) is 15.9. The number of anilines is 1. The first-order valence-corrected chi connectivity index (χ1v) is 11.8. The number of hydrazine groups is 1. The maximum Gasteiger partial charge on any atom is 0.276 e. The average molecular weight is 577 g/mol. The van der Waals surface area contributed by atoms with Gasteiger partial charge in [0.2, 0.25) is 5.91 Å². The molecule has 0 heterocycles. The van der Waals surface area contributed by atoms with Gasteiger partial charge in [0.15, 0.2) is 6.61 Å². The molecule has 3 amide bonds.